The van der Waals surface area contributed by atoms with Crippen LogP contribution in [0.15, 0.2) is 17.7 Å². The first-order valence-corrected chi connectivity index (χ1v) is 6.35. The molecule has 0 aliphatic carbocycles. The van der Waals surface area contributed by atoms with E-state index in [0.29, 0.717) is 22.8 Å². The average molecular weight is 289 g/mol. The van der Waals surface area contributed by atoms with E-state index >= 15 is 0 Å². The highest BCUT2D eigenvalue weighted by Crippen LogP contribution is 2.42. The third-order valence-electron chi connectivity index (χ3n) is 2.67. The van der Waals surface area contributed by atoms with Crippen LogP contribution in [-0.4, -0.2) is 26.0 Å². The van der Waals surface area contributed by atoms with Crippen LogP contribution in [0.2, 0.25) is 0 Å². The van der Waals surface area contributed by atoms with E-state index in [1.54, 1.807) is 26.0 Å². The third-order valence-corrected chi connectivity index (χ3v) is 2.67. The number of carbonyl (C=O) groups is 1. The van der Waals surface area contributed by atoms with Crippen LogP contribution in [0.25, 0.3) is 6.08 Å². The highest BCUT2D eigenvalue weighted by atomic mass is 16.7. The molecule has 1 aromatic rings. The number of hydrogen-bond acceptors (Lipinski definition) is 6. The Balaban J connectivity index is 2.35. The first-order chi connectivity index (χ1) is 10.0. The van der Waals surface area contributed by atoms with Crippen LogP contribution in [-0.2, 0) is 9.53 Å². The van der Waals surface area contributed by atoms with Gasteiger partial charge in [0.1, 0.15) is 11.6 Å². The molecular formula is C15H15NO5. The van der Waals surface area contributed by atoms with E-state index in [4.69, 9.17) is 24.2 Å². The second-order valence-corrected chi connectivity index (χ2v) is 4.58. The van der Waals surface area contributed by atoms with Crippen molar-refractivity contribution in [2.75, 3.05) is 13.9 Å². The zero-order chi connectivity index (χ0) is 15.4. The monoisotopic (exact) mass is 289 g/mol. The molecule has 110 valence electrons. The highest BCUT2D eigenvalue weighted by Gasteiger charge is 2.20. The van der Waals surface area contributed by atoms with Gasteiger partial charge in [0.25, 0.3) is 0 Å². The molecular weight excluding hydrogens is 274 g/mol. The summed E-state index contributed by atoms with van der Waals surface area (Å²) >= 11 is 0. The molecule has 0 fully saturated rings. The first-order valence-electron chi connectivity index (χ1n) is 6.35. The summed E-state index contributed by atoms with van der Waals surface area (Å²) in [6.45, 7) is 3.55. The normalized spacial score (nSPS) is 13.0. The van der Waals surface area contributed by atoms with Crippen molar-refractivity contribution in [1.82, 2.24) is 0 Å². The third kappa shape index (κ3) is 3.26. The number of benzene rings is 1. The molecule has 6 nitrogen and oxygen atoms in total. The van der Waals surface area contributed by atoms with Crippen LogP contribution in [0.1, 0.15) is 19.4 Å². The Morgan fingerprint density at radius 1 is 1.43 bits per heavy atom. The maximum atomic E-state index is 11.8. The maximum Gasteiger partial charge on any atom is 0.349 e. The van der Waals surface area contributed by atoms with Crippen LogP contribution in [0.4, 0.5) is 0 Å². The van der Waals surface area contributed by atoms with E-state index in [9.17, 15) is 4.79 Å². The molecule has 1 aromatic carbocycles. The summed E-state index contributed by atoms with van der Waals surface area (Å²) in [6, 6.07) is 5.17. The van der Waals surface area contributed by atoms with Gasteiger partial charge in [0, 0.05) is 0 Å². The summed E-state index contributed by atoms with van der Waals surface area (Å²) in [4.78, 5) is 11.8. The summed E-state index contributed by atoms with van der Waals surface area (Å²) in [5.41, 5.74) is 0.498. The van der Waals surface area contributed by atoms with Crippen molar-refractivity contribution in [3.8, 4) is 23.3 Å². The Morgan fingerprint density at radius 2 is 2.19 bits per heavy atom. The predicted octanol–water partition coefficient (Wildman–Crippen LogP) is 2.28. The van der Waals surface area contributed by atoms with Gasteiger partial charge in [0.05, 0.1) is 13.2 Å². The fraction of sp³-hybridized carbons (Fsp3) is 0.333. The van der Waals surface area contributed by atoms with Gasteiger partial charge in [-0.1, -0.05) is 0 Å². The fourth-order valence-electron chi connectivity index (χ4n) is 1.81. The van der Waals surface area contributed by atoms with E-state index in [1.807, 2.05) is 6.07 Å². The second kappa shape index (κ2) is 6.18. The quantitative estimate of drug-likeness (QED) is 0.481. The van der Waals surface area contributed by atoms with Crippen LogP contribution in [0.5, 0.6) is 17.2 Å². The van der Waals surface area contributed by atoms with E-state index < -0.39 is 5.97 Å². The molecule has 0 unspecified atom stereocenters. The van der Waals surface area contributed by atoms with Crippen LogP contribution in [0.3, 0.4) is 0 Å². The molecule has 0 bridgehead atoms. The number of nitriles is 1. The number of rotatable bonds is 4. The lowest BCUT2D eigenvalue weighted by molar-refractivity contribution is -0.142. The lowest BCUT2D eigenvalue weighted by atomic mass is 10.1. The topological polar surface area (TPSA) is 77.8 Å². The molecule has 2 rings (SSSR count). The van der Waals surface area contributed by atoms with Gasteiger partial charge >= 0.3 is 5.97 Å². The van der Waals surface area contributed by atoms with Gasteiger partial charge in [-0.05, 0) is 37.6 Å². The molecule has 21 heavy (non-hydrogen) atoms. The lowest BCUT2D eigenvalue weighted by Gasteiger charge is -2.08. The molecule has 1 aliphatic rings. The Morgan fingerprint density at radius 3 is 2.81 bits per heavy atom. The van der Waals surface area contributed by atoms with Crippen molar-refractivity contribution < 1.29 is 23.7 Å². The SMILES string of the molecule is COc1cc(C=C(C#N)C(=O)OC(C)C)cc2c1OCO2. The minimum absolute atomic E-state index is 0.0929. The Labute approximate surface area is 122 Å². The summed E-state index contributed by atoms with van der Waals surface area (Å²) in [5, 5.41) is 9.08. The van der Waals surface area contributed by atoms with Gasteiger partial charge in [0.2, 0.25) is 12.5 Å². The van der Waals surface area contributed by atoms with E-state index in [1.165, 1.54) is 13.2 Å². The van der Waals surface area contributed by atoms with Gasteiger partial charge in [-0.3, -0.25) is 0 Å². The summed E-state index contributed by atoms with van der Waals surface area (Å²) < 4.78 is 20.8. The van der Waals surface area contributed by atoms with E-state index in [2.05, 4.69) is 0 Å². The summed E-state index contributed by atoms with van der Waals surface area (Å²) in [6.07, 6.45) is 1.13. The van der Waals surface area contributed by atoms with Crippen molar-refractivity contribution >= 4 is 12.0 Å². The molecule has 0 spiro atoms. The van der Waals surface area contributed by atoms with Crippen molar-refractivity contribution in [3.05, 3.63) is 23.3 Å². The van der Waals surface area contributed by atoms with Crippen molar-refractivity contribution in [2.24, 2.45) is 0 Å². The van der Waals surface area contributed by atoms with Crippen molar-refractivity contribution in [3.63, 3.8) is 0 Å². The first kappa shape index (κ1) is 14.7. The molecule has 0 amide bonds. The molecule has 0 saturated carbocycles. The Hall–Kier alpha value is -2.68. The second-order valence-electron chi connectivity index (χ2n) is 4.58. The molecule has 0 radical (unpaired) electrons. The zero-order valence-electron chi connectivity index (χ0n) is 12.0. The number of nitrogens with zero attached hydrogens (tertiary/aromatic N) is 1. The molecule has 6 heteroatoms. The smallest absolute Gasteiger partial charge is 0.349 e. The summed E-state index contributed by atoms with van der Waals surface area (Å²) in [7, 11) is 1.50. The van der Waals surface area contributed by atoms with Gasteiger partial charge in [-0.2, -0.15) is 5.26 Å². The minimum Gasteiger partial charge on any atom is -0.493 e. The van der Waals surface area contributed by atoms with Crippen molar-refractivity contribution in [2.45, 2.75) is 20.0 Å². The Kier molecular flexibility index (Phi) is 4.33. The number of ether oxygens (including phenoxy) is 4. The number of methoxy groups -OCH3 is 1. The zero-order valence-corrected chi connectivity index (χ0v) is 12.0. The molecule has 1 heterocycles. The molecule has 1 aliphatic heterocycles. The Bertz CT molecular complexity index is 628. The lowest BCUT2D eigenvalue weighted by Crippen LogP contribution is -2.12. The van der Waals surface area contributed by atoms with Gasteiger partial charge < -0.3 is 18.9 Å². The predicted molar refractivity (Wildman–Crippen MR) is 73.9 cm³/mol. The number of hydrogen-bond donors (Lipinski definition) is 0. The molecule has 0 atom stereocenters. The summed E-state index contributed by atoms with van der Waals surface area (Å²) in [5.74, 6) is 0.836. The molecule has 0 saturated heterocycles. The van der Waals surface area contributed by atoms with E-state index in [0.717, 1.165) is 0 Å². The minimum atomic E-state index is -0.663. The highest BCUT2D eigenvalue weighted by molar-refractivity contribution is 5.98. The van der Waals surface area contributed by atoms with Crippen LogP contribution in [0, 0.1) is 11.3 Å². The van der Waals surface area contributed by atoms with Gasteiger partial charge in [-0.25, -0.2) is 4.79 Å². The number of carbonyl (C=O) groups excluding carboxylic acids is 1. The fourth-order valence-corrected chi connectivity index (χ4v) is 1.81. The van der Waals surface area contributed by atoms with E-state index in [-0.39, 0.29) is 18.5 Å². The van der Waals surface area contributed by atoms with Gasteiger partial charge in [0.15, 0.2) is 11.5 Å². The number of esters is 1. The molecule has 0 aromatic heterocycles. The molecule has 0 N–H and O–H groups in total. The van der Waals surface area contributed by atoms with Crippen LogP contribution >= 0.6 is 0 Å². The standard InChI is InChI=1S/C15H15NO5/c1-9(2)21-15(17)11(7-16)4-10-5-12(18-3)14-13(6-10)19-8-20-14/h4-6,9H,8H2,1-3H3. The largest absolute Gasteiger partial charge is 0.493 e. The van der Waals surface area contributed by atoms with Crippen molar-refractivity contribution in [1.29, 1.82) is 5.26 Å². The average Bonchev–Trinajstić information content (AvgIpc) is 2.91. The van der Waals surface area contributed by atoms with Crippen LogP contribution < -0.4 is 14.2 Å². The van der Waals surface area contributed by atoms with Gasteiger partial charge in [-0.15, -0.1) is 0 Å². The number of fused-ring (bicyclic) bond motifs is 1. The maximum absolute atomic E-state index is 11.8.